The zero-order valence-corrected chi connectivity index (χ0v) is 12.2. The molecule has 0 amide bonds. The van der Waals surface area contributed by atoms with Crippen LogP contribution < -0.4 is 10.5 Å². The van der Waals surface area contributed by atoms with Crippen LogP contribution in [0.15, 0.2) is 35.2 Å². The number of sulfonamides is 1. The summed E-state index contributed by atoms with van der Waals surface area (Å²) >= 11 is 0. The van der Waals surface area contributed by atoms with Gasteiger partial charge in [0.15, 0.2) is 0 Å². The predicted octanol–water partition coefficient (Wildman–Crippen LogP) is 1.11. The van der Waals surface area contributed by atoms with Crippen LogP contribution in [-0.4, -0.2) is 33.7 Å². The molecule has 0 heterocycles. The van der Waals surface area contributed by atoms with E-state index in [1.165, 1.54) is 0 Å². The Morgan fingerprint density at radius 1 is 1.26 bits per heavy atom. The van der Waals surface area contributed by atoms with E-state index >= 15 is 0 Å². The van der Waals surface area contributed by atoms with Gasteiger partial charge in [-0.25, -0.2) is 13.1 Å². The first-order valence-corrected chi connectivity index (χ1v) is 7.72. The predicted molar refractivity (Wildman–Crippen MR) is 75.3 cm³/mol. The van der Waals surface area contributed by atoms with E-state index in [4.69, 9.17) is 10.5 Å². The van der Waals surface area contributed by atoms with E-state index < -0.39 is 15.6 Å². The lowest BCUT2D eigenvalue weighted by Gasteiger charge is -2.25. The van der Waals surface area contributed by atoms with Crippen LogP contribution in [0.25, 0.3) is 0 Å². The van der Waals surface area contributed by atoms with Gasteiger partial charge in [-0.1, -0.05) is 18.2 Å². The Morgan fingerprint density at radius 3 is 2.47 bits per heavy atom. The van der Waals surface area contributed by atoms with Crippen molar-refractivity contribution in [3.05, 3.63) is 30.3 Å². The minimum Gasteiger partial charge on any atom is -0.379 e. The van der Waals surface area contributed by atoms with Gasteiger partial charge in [-0.2, -0.15) is 0 Å². The van der Waals surface area contributed by atoms with Crippen LogP contribution in [0.3, 0.4) is 0 Å². The van der Waals surface area contributed by atoms with Crippen LogP contribution in [0, 0.1) is 0 Å². The van der Waals surface area contributed by atoms with Crippen molar-refractivity contribution in [2.24, 2.45) is 5.73 Å². The van der Waals surface area contributed by atoms with Gasteiger partial charge in [-0.05, 0) is 38.9 Å². The zero-order chi connectivity index (χ0) is 14.4. The average molecular weight is 286 g/mol. The molecule has 6 heteroatoms. The SMILES string of the molecule is CC(C)(COCCCN)NS(=O)(=O)c1ccccc1. The second-order valence-corrected chi connectivity index (χ2v) is 6.68. The third kappa shape index (κ3) is 5.69. The van der Waals surface area contributed by atoms with Crippen LogP contribution in [0.5, 0.6) is 0 Å². The van der Waals surface area contributed by atoms with E-state index in [1.807, 2.05) is 0 Å². The Kier molecular flexibility index (Phi) is 5.93. The summed E-state index contributed by atoms with van der Waals surface area (Å²) in [5.74, 6) is 0. The highest BCUT2D eigenvalue weighted by Crippen LogP contribution is 2.13. The summed E-state index contributed by atoms with van der Waals surface area (Å²) in [6.45, 7) is 4.98. The van der Waals surface area contributed by atoms with Crippen LogP contribution in [0.1, 0.15) is 20.3 Å². The number of rotatable bonds is 8. The fourth-order valence-electron chi connectivity index (χ4n) is 1.56. The molecule has 0 spiro atoms. The fourth-order valence-corrected chi connectivity index (χ4v) is 2.98. The maximum absolute atomic E-state index is 12.1. The largest absolute Gasteiger partial charge is 0.379 e. The molecule has 108 valence electrons. The molecule has 0 aliphatic carbocycles. The highest BCUT2D eigenvalue weighted by atomic mass is 32.2. The topological polar surface area (TPSA) is 81.4 Å². The minimum absolute atomic E-state index is 0.255. The molecule has 0 saturated heterocycles. The number of nitrogens with one attached hydrogen (secondary N) is 1. The van der Waals surface area contributed by atoms with Gasteiger partial charge in [0.1, 0.15) is 0 Å². The fraction of sp³-hybridized carbons (Fsp3) is 0.538. The lowest BCUT2D eigenvalue weighted by atomic mass is 10.1. The third-order valence-electron chi connectivity index (χ3n) is 2.42. The normalized spacial score (nSPS) is 12.6. The summed E-state index contributed by atoms with van der Waals surface area (Å²) in [5.41, 5.74) is 4.70. The standard InChI is InChI=1S/C13H22N2O3S/c1-13(2,11-18-10-6-9-14)15-19(16,17)12-7-4-3-5-8-12/h3-5,7-8,15H,6,9-11,14H2,1-2H3. The van der Waals surface area contributed by atoms with Gasteiger partial charge in [-0.15, -0.1) is 0 Å². The monoisotopic (exact) mass is 286 g/mol. The highest BCUT2D eigenvalue weighted by Gasteiger charge is 2.26. The number of ether oxygens (including phenoxy) is 1. The van der Waals surface area contributed by atoms with Gasteiger partial charge in [0.2, 0.25) is 10.0 Å². The number of hydrogen-bond donors (Lipinski definition) is 2. The van der Waals surface area contributed by atoms with Gasteiger partial charge in [0.25, 0.3) is 0 Å². The summed E-state index contributed by atoms with van der Waals surface area (Å²) in [6, 6.07) is 8.29. The van der Waals surface area contributed by atoms with Crippen molar-refractivity contribution in [2.45, 2.75) is 30.7 Å². The Labute approximate surface area is 115 Å². The van der Waals surface area contributed by atoms with E-state index in [0.29, 0.717) is 19.8 Å². The molecule has 0 saturated carbocycles. The lowest BCUT2D eigenvalue weighted by Crippen LogP contribution is -2.46. The molecule has 1 aromatic carbocycles. The Hall–Kier alpha value is -0.950. The van der Waals surface area contributed by atoms with Gasteiger partial charge in [0, 0.05) is 6.61 Å². The van der Waals surface area contributed by atoms with Gasteiger partial charge >= 0.3 is 0 Å². The Balaban J connectivity index is 2.61. The minimum atomic E-state index is -3.52. The van der Waals surface area contributed by atoms with Crippen LogP contribution in [-0.2, 0) is 14.8 Å². The third-order valence-corrected chi connectivity index (χ3v) is 4.13. The van der Waals surface area contributed by atoms with Crippen molar-refractivity contribution >= 4 is 10.0 Å². The highest BCUT2D eigenvalue weighted by molar-refractivity contribution is 7.89. The summed E-state index contributed by atoms with van der Waals surface area (Å²) in [4.78, 5) is 0.255. The molecule has 1 rings (SSSR count). The van der Waals surface area contributed by atoms with E-state index in [-0.39, 0.29) is 4.90 Å². The smallest absolute Gasteiger partial charge is 0.241 e. The van der Waals surface area contributed by atoms with E-state index in [1.54, 1.807) is 44.2 Å². The Bertz CT molecular complexity index is 472. The molecule has 5 nitrogen and oxygen atoms in total. The lowest BCUT2D eigenvalue weighted by molar-refractivity contribution is 0.0906. The quantitative estimate of drug-likeness (QED) is 0.701. The summed E-state index contributed by atoms with van der Waals surface area (Å²) in [6.07, 6.45) is 0.765. The van der Waals surface area contributed by atoms with E-state index in [0.717, 1.165) is 6.42 Å². The van der Waals surface area contributed by atoms with Crippen LogP contribution in [0.4, 0.5) is 0 Å². The van der Waals surface area contributed by atoms with Crippen molar-refractivity contribution in [1.29, 1.82) is 0 Å². The summed E-state index contributed by atoms with van der Waals surface area (Å²) < 4.78 is 32.4. The van der Waals surface area contributed by atoms with Gasteiger partial charge in [-0.3, -0.25) is 0 Å². The van der Waals surface area contributed by atoms with Crippen molar-refractivity contribution in [3.8, 4) is 0 Å². The van der Waals surface area contributed by atoms with Crippen LogP contribution in [0.2, 0.25) is 0 Å². The van der Waals surface area contributed by atoms with E-state index in [2.05, 4.69) is 4.72 Å². The van der Waals surface area contributed by atoms with Crippen molar-refractivity contribution in [2.75, 3.05) is 19.8 Å². The van der Waals surface area contributed by atoms with Crippen molar-refractivity contribution in [1.82, 2.24) is 4.72 Å². The molecule has 0 aliphatic heterocycles. The number of hydrogen-bond acceptors (Lipinski definition) is 4. The molecule has 0 radical (unpaired) electrons. The van der Waals surface area contributed by atoms with Gasteiger partial charge in [0.05, 0.1) is 17.0 Å². The first kappa shape index (κ1) is 16.1. The first-order valence-electron chi connectivity index (χ1n) is 6.24. The maximum Gasteiger partial charge on any atom is 0.241 e. The first-order chi connectivity index (χ1) is 8.87. The molecule has 0 aromatic heterocycles. The second-order valence-electron chi connectivity index (χ2n) is 5.00. The van der Waals surface area contributed by atoms with Gasteiger partial charge < -0.3 is 10.5 Å². The second kappa shape index (κ2) is 7.00. The number of benzene rings is 1. The molecule has 1 aromatic rings. The Morgan fingerprint density at radius 2 is 1.89 bits per heavy atom. The summed E-state index contributed by atoms with van der Waals surface area (Å²) in [5, 5.41) is 0. The molecule has 0 atom stereocenters. The van der Waals surface area contributed by atoms with Crippen molar-refractivity contribution < 1.29 is 13.2 Å². The van der Waals surface area contributed by atoms with E-state index in [9.17, 15) is 8.42 Å². The molecular formula is C13H22N2O3S. The molecule has 0 unspecified atom stereocenters. The molecular weight excluding hydrogens is 264 g/mol. The summed E-state index contributed by atoms with van der Waals surface area (Å²) in [7, 11) is -3.52. The number of nitrogens with two attached hydrogens (primary N) is 1. The molecule has 0 bridgehead atoms. The molecule has 0 fully saturated rings. The van der Waals surface area contributed by atoms with Crippen molar-refractivity contribution in [3.63, 3.8) is 0 Å². The molecule has 19 heavy (non-hydrogen) atoms. The molecule has 0 aliphatic rings. The molecule has 3 N–H and O–H groups in total. The maximum atomic E-state index is 12.1. The zero-order valence-electron chi connectivity index (χ0n) is 11.4. The average Bonchev–Trinajstić information content (AvgIpc) is 2.35. The van der Waals surface area contributed by atoms with Crippen LogP contribution >= 0.6 is 0 Å².